The van der Waals surface area contributed by atoms with E-state index in [2.05, 4.69) is 28.9 Å². The molecule has 2 aromatic rings. The van der Waals surface area contributed by atoms with Gasteiger partial charge in [0.15, 0.2) is 0 Å². The van der Waals surface area contributed by atoms with Gasteiger partial charge in [-0.2, -0.15) is 0 Å². The normalized spacial score (nSPS) is 10.1. The zero-order valence-corrected chi connectivity index (χ0v) is 11.0. The van der Waals surface area contributed by atoms with E-state index >= 15 is 0 Å². The van der Waals surface area contributed by atoms with E-state index in [-0.39, 0.29) is 0 Å². The Kier molecular flexibility index (Phi) is 3.89. The Morgan fingerprint density at radius 3 is 2.50 bits per heavy atom. The predicted octanol–water partition coefficient (Wildman–Crippen LogP) is 2.87. The summed E-state index contributed by atoms with van der Waals surface area (Å²) in [6.45, 7) is 2.92. The fourth-order valence-electron chi connectivity index (χ4n) is 1.80. The number of hydrogen-bond donors (Lipinski definition) is 1. The van der Waals surface area contributed by atoms with Gasteiger partial charge in [0.05, 0.1) is 5.69 Å². The number of nitrogens with two attached hydrogens (primary N) is 1. The summed E-state index contributed by atoms with van der Waals surface area (Å²) in [4.78, 5) is 6.91. The summed E-state index contributed by atoms with van der Waals surface area (Å²) in [5, 5.41) is 0. The van der Waals surface area contributed by atoms with Crippen LogP contribution in [0.15, 0.2) is 48.5 Å². The number of nitrogens with zero attached hydrogens (tertiary/aromatic N) is 2. The van der Waals surface area contributed by atoms with E-state index in [4.69, 9.17) is 18.0 Å². The van der Waals surface area contributed by atoms with Crippen molar-refractivity contribution < 1.29 is 0 Å². The fraction of sp³-hybridized carbons (Fsp3) is 0.143. The second kappa shape index (κ2) is 5.60. The average molecular weight is 257 g/mol. The van der Waals surface area contributed by atoms with Crippen molar-refractivity contribution in [1.82, 2.24) is 4.98 Å². The fourth-order valence-corrected chi connectivity index (χ4v) is 1.91. The summed E-state index contributed by atoms with van der Waals surface area (Å²) in [5.41, 5.74) is 7.37. The first kappa shape index (κ1) is 12.5. The van der Waals surface area contributed by atoms with E-state index in [1.165, 1.54) is 0 Å². The molecule has 0 aliphatic rings. The van der Waals surface area contributed by atoms with E-state index < -0.39 is 0 Å². The van der Waals surface area contributed by atoms with Crippen molar-refractivity contribution in [2.24, 2.45) is 5.73 Å². The molecule has 0 radical (unpaired) electrons. The van der Waals surface area contributed by atoms with E-state index in [9.17, 15) is 0 Å². The van der Waals surface area contributed by atoms with Crippen LogP contribution in [0.3, 0.4) is 0 Å². The summed E-state index contributed by atoms with van der Waals surface area (Å²) >= 11 is 4.96. The Labute approximate surface area is 112 Å². The Hall–Kier alpha value is -1.94. The van der Waals surface area contributed by atoms with Crippen LogP contribution in [0, 0.1) is 0 Å². The van der Waals surface area contributed by atoms with Crippen LogP contribution in [-0.2, 0) is 0 Å². The zero-order chi connectivity index (χ0) is 13.0. The third-order valence-corrected chi connectivity index (χ3v) is 2.86. The third kappa shape index (κ3) is 2.65. The van der Waals surface area contributed by atoms with Crippen molar-refractivity contribution in [2.75, 3.05) is 11.4 Å². The number of benzene rings is 1. The summed E-state index contributed by atoms with van der Waals surface area (Å²) in [5.74, 6) is 0.856. The van der Waals surface area contributed by atoms with Gasteiger partial charge in [0.25, 0.3) is 0 Å². The average Bonchev–Trinajstić information content (AvgIpc) is 2.41. The summed E-state index contributed by atoms with van der Waals surface area (Å²) in [6.07, 6.45) is 0. The molecule has 0 spiro atoms. The Bertz CT molecular complexity index is 540. The van der Waals surface area contributed by atoms with Crippen molar-refractivity contribution >= 4 is 28.7 Å². The molecule has 0 saturated carbocycles. The molecule has 0 saturated heterocycles. The van der Waals surface area contributed by atoms with Gasteiger partial charge in [-0.3, -0.25) is 0 Å². The molecule has 0 amide bonds. The largest absolute Gasteiger partial charge is 0.388 e. The first-order chi connectivity index (χ1) is 8.72. The van der Waals surface area contributed by atoms with Crippen molar-refractivity contribution in [1.29, 1.82) is 0 Å². The minimum absolute atomic E-state index is 0.320. The molecule has 0 aliphatic heterocycles. The number of rotatable bonds is 4. The number of pyridine rings is 1. The molecule has 1 heterocycles. The number of thiocarbonyl (C=S) groups is 1. The predicted molar refractivity (Wildman–Crippen MR) is 79.2 cm³/mol. The highest BCUT2D eigenvalue weighted by Crippen LogP contribution is 2.22. The van der Waals surface area contributed by atoms with Crippen LogP contribution >= 0.6 is 12.2 Å². The molecule has 4 heteroatoms. The lowest BCUT2D eigenvalue weighted by Gasteiger charge is -2.22. The molecule has 2 N–H and O–H groups in total. The molecule has 2 rings (SSSR count). The van der Waals surface area contributed by atoms with Gasteiger partial charge in [-0.1, -0.05) is 36.5 Å². The number of hydrogen-bond acceptors (Lipinski definition) is 3. The van der Waals surface area contributed by atoms with Crippen LogP contribution in [0.4, 0.5) is 11.5 Å². The van der Waals surface area contributed by atoms with Gasteiger partial charge in [-0.05, 0) is 31.2 Å². The van der Waals surface area contributed by atoms with E-state index in [1.54, 1.807) is 0 Å². The highest BCUT2D eigenvalue weighted by Gasteiger charge is 2.09. The van der Waals surface area contributed by atoms with Crippen LogP contribution in [0.1, 0.15) is 12.6 Å². The molecular weight excluding hydrogens is 242 g/mol. The highest BCUT2D eigenvalue weighted by atomic mass is 32.1. The number of para-hydroxylation sites is 1. The Morgan fingerprint density at radius 2 is 1.89 bits per heavy atom. The molecule has 92 valence electrons. The molecule has 3 nitrogen and oxygen atoms in total. The highest BCUT2D eigenvalue weighted by molar-refractivity contribution is 7.80. The Balaban J connectivity index is 2.39. The topological polar surface area (TPSA) is 42.1 Å². The summed E-state index contributed by atoms with van der Waals surface area (Å²) in [7, 11) is 0. The lowest BCUT2D eigenvalue weighted by Crippen LogP contribution is -2.19. The van der Waals surface area contributed by atoms with Gasteiger partial charge >= 0.3 is 0 Å². The van der Waals surface area contributed by atoms with Gasteiger partial charge in [0.1, 0.15) is 10.8 Å². The van der Waals surface area contributed by atoms with E-state index in [0.29, 0.717) is 10.7 Å². The standard InChI is InChI=1S/C14H15N3S/c1-2-17(11-7-4-3-5-8-11)13-10-6-9-12(16-13)14(15)18/h3-10H,2H2,1H3,(H2,15,18). The maximum atomic E-state index is 5.61. The molecule has 18 heavy (non-hydrogen) atoms. The minimum atomic E-state index is 0.320. The molecule has 0 aliphatic carbocycles. The van der Waals surface area contributed by atoms with E-state index in [0.717, 1.165) is 18.1 Å². The summed E-state index contributed by atoms with van der Waals surface area (Å²) in [6, 6.07) is 15.8. The van der Waals surface area contributed by atoms with Crippen LogP contribution in [-0.4, -0.2) is 16.5 Å². The van der Waals surface area contributed by atoms with Crippen LogP contribution in [0.25, 0.3) is 0 Å². The third-order valence-electron chi connectivity index (χ3n) is 2.65. The smallest absolute Gasteiger partial charge is 0.133 e. The lowest BCUT2D eigenvalue weighted by molar-refractivity contribution is 0.987. The first-order valence-electron chi connectivity index (χ1n) is 5.82. The maximum Gasteiger partial charge on any atom is 0.133 e. The molecule has 0 bridgehead atoms. The second-order valence-electron chi connectivity index (χ2n) is 3.83. The molecule has 1 aromatic carbocycles. The number of aromatic nitrogens is 1. The molecule has 0 atom stereocenters. The van der Waals surface area contributed by atoms with Crippen molar-refractivity contribution in [2.45, 2.75) is 6.92 Å². The SMILES string of the molecule is CCN(c1ccccc1)c1cccc(C(N)=S)n1. The van der Waals surface area contributed by atoms with Crippen molar-refractivity contribution in [3.8, 4) is 0 Å². The lowest BCUT2D eigenvalue weighted by atomic mass is 10.2. The van der Waals surface area contributed by atoms with Gasteiger partial charge in [-0.15, -0.1) is 0 Å². The maximum absolute atomic E-state index is 5.61. The van der Waals surface area contributed by atoms with Gasteiger partial charge in [-0.25, -0.2) is 4.98 Å². The monoisotopic (exact) mass is 257 g/mol. The minimum Gasteiger partial charge on any atom is -0.388 e. The molecule has 0 fully saturated rings. The molecule has 1 aromatic heterocycles. The second-order valence-corrected chi connectivity index (χ2v) is 4.26. The van der Waals surface area contributed by atoms with Gasteiger partial charge in [0, 0.05) is 12.2 Å². The molecular formula is C14H15N3S. The zero-order valence-electron chi connectivity index (χ0n) is 10.2. The van der Waals surface area contributed by atoms with Crippen molar-refractivity contribution in [3.05, 3.63) is 54.2 Å². The van der Waals surface area contributed by atoms with Crippen LogP contribution in [0.5, 0.6) is 0 Å². The Morgan fingerprint density at radius 1 is 1.17 bits per heavy atom. The van der Waals surface area contributed by atoms with Gasteiger partial charge < -0.3 is 10.6 Å². The number of anilines is 2. The summed E-state index contributed by atoms with van der Waals surface area (Å²) < 4.78 is 0. The first-order valence-corrected chi connectivity index (χ1v) is 6.22. The van der Waals surface area contributed by atoms with Crippen LogP contribution < -0.4 is 10.6 Å². The molecule has 0 unspecified atom stereocenters. The quantitative estimate of drug-likeness (QED) is 0.855. The van der Waals surface area contributed by atoms with Gasteiger partial charge in [0.2, 0.25) is 0 Å². The van der Waals surface area contributed by atoms with E-state index in [1.807, 2.05) is 36.4 Å². The van der Waals surface area contributed by atoms with Crippen LogP contribution in [0.2, 0.25) is 0 Å². The van der Waals surface area contributed by atoms with Crippen molar-refractivity contribution in [3.63, 3.8) is 0 Å².